The summed E-state index contributed by atoms with van der Waals surface area (Å²) >= 11 is 0. The van der Waals surface area contributed by atoms with Crippen molar-refractivity contribution in [2.75, 3.05) is 13.2 Å². The lowest BCUT2D eigenvalue weighted by Crippen LogP contribution is -2.49. The first kappa shape index (κ1) is 8.29. The van der Waals surface area contributed by atoms with Gasteiger partial charge in [0.05, 0.1) is 0 Å². The lowest BCUT2D eigenvalue weighted by Gasteiger charge is -2.39. The fraction of sp³-hybridized carbons (Fsp3) is 0.700. The van der Waals surface area contributed by atoms with Gasteiger partial charge in [0.2, 0.25) is 5.91 Å². The minimum atomic E-state index is -0.848. The summed E-state index contributed by atoms with van der Waals surface area (Å²) in [4.78, 5) is 13.5. The average Bonchev–Trinajstić information content (AvgIpc) is 2.57. The van der Waals surface area contributed by atoms with Gasteiger partial charge in [0.1, 0.15) is 12.4 Å². The Labute approximate surface area is 82.1 Å². The molecule has 2 saturated heterocycles. The average molecular weight is 195 g/mol. The predicted molar refractivity (Wildman–Crippen MR) is 48.3 cm³/mol. The zero-order chi connectivity index (χ0) is 9.76. The summed E-state index contributed by atoms with van der Waals surface area (Å²) in [6.45, 7) is 1.17. The molecule has 4 nitrogen and oxygen atoms in total. The third-order valence-corrected chi connectivity index (χ3v) is 3.41. The van der Waals surface area contributed by atoms with Crippen molar-refractivity contribution in [2.24, 2.45) is 0 Å². The molecule has 0 radical (unpaired) electrons. The number of ether oxygens (including phenoxy) is 1. The van der Waals surface area contributed by atoms with E-state index >= 15 is 0 Å². The van der Waals surface area contributed by atoms with Gasteiger partial charge < -0.3 is 14.7 Å². The first-order valence-corrected chi connectivity index (χ1v) is 5.07. The van der Waals surface area contributed by atoms with Gasteiger partial charge in [0.25, 0.3) is 0 Å². The second-order valence-corrected chi connectivity index (χ2v) is 4.36. The van der Waals surface area contributed by atoms with E-state index in [9.17, 15) is 9.90 Å². The second-order valence-electron chi connectivity index (χ2n) is 4.36. The Balaban J connectivity index is 1.96. The van der Waals surface area contributed by atoms with Crippen LogP contribution in [0.2, 0.25) is 0 Å². The van der Waals surface area contributed by atoms with Crippen LogP contribution in [0.3, 0.4) is 0 Å². The van der Waals surface area contributed by atoms with E-state index in [1.807, 2.05) is 4.90 Å². The van der Waals surface area contributed by atoms with Gasteiger partial charge >= 0.3 is 0 Å². The minimum Gasteiger partial charge on any atom is -0.491 e. The van der Waals surface area contributed by atoms with Gasteiger partial charge in [-0.15, -0.1) is 0 Å². The molecule has 14 heavy (non-hydrogen) atoms. The number of carbonyl (C=O) groups excluding carboxylic acids is 1. The van der Waals surface area contributed by atoms with Crippen molar-refractivity contribution in [3.05, 3.63) is 11.8 Å². The van der Waals surface area contributed by atoms with Crippen molar-refractivity contribution < 1.29 is 14.6 Å². The van der Waals surface area contributed by atoms with Crippen LogP contribution in [-0.2, 0) is 9.53 Å². The highest BCUT2D eigenvalue weighted by atomic mass is 16.5. The molecule has 0 spiro atoms. The van der Waals surface area contributed by atoms with Crippen molar-refractivity contribution in [2.45, 2.75) is 30.9 Å². The van der Waals surface area contributed by atoms with Crippen LogP contribution in [0.5, 0.6) is 0 Å². The molecule has 1 N–H and O–H groups in total. The van der Waals surface area contributed by atoms with Crippen molar-refractivity contribution in [1.82, 2.24) is 4.90 Å². The maximum Gasteiger partial charge on any atom is 0.250 e. The van der Waals surface area contributed by atoms with E-state index in [1.54, 1.807) is 0 Å². The molecule has 3 heterocycles. The Kier molecular flexibility index (Phi) is 1.49. The highest BCUT2D eigenvalue weighted by molar-refractivity contribution is 5.89. The molecule has 0 unspecified atom stereocenters. The molecule has 0 aromatic rings. The number of amides is 1. The number of rotatable bonds is 0. The topological polar surface area (TPSA) is 49.8 Å². The zero-order valence-electron chi connectivity index (χ0n) is 7.90. The molecule has 0 aliphatic carbocycles. The molecule has 0 aromatic heterocycles. The Bertz CT molecular complexity index is 325. The quantitative estimate of drug-likeness (QED) is 0.593. The summed E-state index contributed by atoms with van der Waals surface area (Å²) in [5, 5.41) is 10.1. The third kappa shape index (κ3) is 0.945. The highest BCUT2D eigenvalue weighted by Crippen LogP contribution is 2.39. The summed E-state index contributed by atoms with van der Waals surface area (Å²) in [7, 11) is 0. The largest absolute Gasteiger partial charge is 0.491 e. The number of nitrogens with zero attached hydrogens (tertiary/aromatic N) is 1. The fourth-order valence-electron chi connectivity index (χ4n) is 2.58. The molecule has 76 valence electrons. The van der Waals surface area contributed by atoms with Gasteiger partial charge in [0.15, 0.2) is 5.60 Å². The highest BCUT2D eigenvalue weighted by Gasteiger charge is 2.49. The third-order valence-electron chi connectivity index (χ3n) is 3.41. The van der Waals surface area contributed by atoms with Crippen LogP contribution in [0.15, 0.2) is 11.8 Å². The van der Waals surface area contributed by atoms with Gasteiger partial charge in [-0.2, -0.15) is 0 Å². The molecule has 0 saturated carbocycles. The maximum atomic E-state index is 11.7. The predicted octanol–water partition coefficient (Wildman–Crippen LogP) is 0.0263. The van der Waals surface area contributed by atoms with E-state index in [2.05, 4.69) is 0 Å². The monoisotopic (exact) mass is 195 g/mol. The second kappa shape index (κ2) is 2.51. The molecule has 2 atom stereocenters. The Hall–Kier alpha value is -1.03. The SMILES string of the molecule is O=C1C=C2OC[C@]2(O)C[C@H]2CCCN12. The van der Waals surface area contributed by atoms with Crippen molar-refractivity contribution >= 4 is 5.91 Å². The fourth-order valence-corrected chi connectivity index (χ4v) is 2.58. The number of hydrogen-bond donors (Lipinski definition) is 1. The lowest BCUT2D eigenvalue weighted by molar-refractivity contribution is -0.129. The summed E-state index contributed by atoms with van der Waals surface area (Å²) in [6.07, 6.45) is 4.16. The summed E-state index contributed by atoms with van der Waals surface area (Å²) < 4.78 is 5.12. The Morgan fingerprint density at radius 1 is 1.64 bits per heavy atom. The van der Waals surface area contributed by atoms with Crippen molar-refractivity contribution in [3.63, 3.8) is 0 Å². The molecule has 2 fully saturated rings. The van der Waals surface area contributed by atoms with Gasteiger partial charge in [-0.05, 0) is 12.8 Å². The molecule has 1 amide bonds. The van der Waals surface area contributed by atoms with Crippen molar-refractivity contribution in [1.29, 1.82) is 0 Å². The normalized spacial score (nSPS) is 40.4. The van der Waals surface area contributed by atoms with Crippen LogP contribution in [-0.4, -0.2) is 40.7 Å². The van der Waals surface area contributed by atoms with E-state index in [0.29, 0.717) is 18.8 Å². The molecule has 0 aromatic carbocycles. The molecular weight excluding hydrogens is 182 g/mol. The van der Waals surface area contributed by atoms with Gasteiger partial charge in [0, 0.05) is 25.1 Å². The van der Waals surface area contributed by atoms with Gasteiger partial charge in [-0.25, -0.2) is 0 Å². The molecule has 3 rings (SSSR count). The number of carbonyl (C=O) groups is 1. The van der Waals surface area contributed by atoms with E-state index in [1.165, 1.54) is 6.08 Å². The molecule has 3 aliphatic rings. The number of hydrogen-bond acceptors (Lipinski definition) is 3. The first-order valence-electron chi connectivity index (χ1n) is 5.07. The summed E-state index contributed by atoms with van der Waals surface area (Å²) in [5.74, 6) is 0.468. The number of aliphatic hydroxyl groups is 1. The standard InChI is InChI=1S/C10H13NO3/c12-9-4-8-10(13,6-14-8)5-7-2-1-3-11(7)9/h4,7,13H,1-3,5-6H2/t7-,10-/m1/s1. The minimum absolute atomic E-state index is 0.00174. The smallest absolute Gasteiger partial charge is 0.250 e. The number of fused-ring (bicyclic) bond motifs is 2. The van der Waals surface area contributed by atoms with E-state index < -0.39 is 5.60 Å². The van der Waals surface area contributed by atoms with Gasteiger partial charge in [-0.1, -0.05) is 0 Å². The van der Waals surface area contributed by atoms with Crippen LogP contribution in [0.1, 0.15) is 19.3 Å². The molecule has 3 aliphatic heterocycles. The van der Waals surface area contributed by atoms with E-state index in [0.717, 1.165) is 19.4 Å². The van der Waals surface area contributed by atoms with Crippen LogP contribution in [0, 0.1) is 0 Å². The Morgan fingerprint density at radius 3 is 3.21 bits per heavy atom. The zero-order valence-corrected chi connectivity index (χ0v) is 7.90. The Morgan fingerprint density at radius 2 is 2.50 bits per heavy atom. The van der Waals surface area contributed by atoms with Crippen LogP contribution in [0.25, 0.3) is 0 Å². The molecule has 4 heteroatoms. The summed E-state index contributed by atoms with van der Waals surface area (Å²) in [6, 6.07) is 0.213. The summed E-state index contributed by atoms with van der Waals surface area (Å²) in [5.41, 5.74) is -0.848. The molecular formula is C10H13NO3. The van der Waals surface area contributed by atoms with Crippen LogP contribution < -0.4 is 0 Å². The van der Waals surface area contributed by atoms with E-state index in [4.69, 9.17) is 4.74 Å². The maximum absolute atomic E-state index is 11.7. The van der Waals surface area contributed by atoms with Crippen molar-refractivity contribution in [3.8, 4) is 0 Å². The lowest BCUT2D eigenvalue weighted by atomic mass is 9.89. The first-order chi connectivity index (χ1) is 6.69. The van der Waals surface area contributed by atoms with Gasteiger partial charge in [-0.3, -0.25) is 4.79 Å². The molecule has 0 bridgehead atoms. The van der Waals surface area contributed by atoms with Crippen LogP contribution >= 0.6 is 0 Å². The van der Waals surface area contributed by atoms with Crippen LogP contribution in [0.4, 0.5) is 0 Å². The van der Waals surface area contributed by atoms with E-state index in [-0.39, 0.29) is 11.9 Å².